The van der Waals surface area contributed by atoms with E-state index in [1.807, 2.05) is 31.3 Å². The highest BCUT2D eigenvalue weighted by Gasteiger charge is 2.24. The Balaban J connectivity index is 1.38. The minimum absolute atomic E-state index is 0.0988. The lowest BCUT2D eigenvalue weighted by atomic mass is 10.0. The van der Waals surface area contributed by atoms with E-state index in [4.69, 9.17) is 25.8 Å². The molecule has 9 heteroatoms. The second-order valence-corrected chi connectivity index (χ2v) is 10.0. The molecule has 0 saturated carbocycles. The summed E-state index contributed by atoms with van der Waals surface area (Å²) in [5.41, 5.74) is 6.49. The van der Waals surface area contributed by atoms with Crippen molar-refractivity contribution < 1.29 is 19.0 Å². The van der Waals surface area contributed by atoms with Gasteiger partial charge in [0.25, 0.3) is 0 Å². The number of hydrogen-bond donors (Lipinski definition) is 1. The first-order valence-electron chi connectivity index (χ1n) is 13.3. The van der Waals surface area contributed by atoms with Gasteiger partial charge in [-0.3, -0.25) is 0 Å². The van der Waals surface area contributed by atoms with Crippen molar-refractivity contribution in [1.82, 2.24) is 9.88 Å². The van der Waals surface area contributed by atoms with Gasteiger partial charge < -0.3 is 29.3 Å². The molecule has 3 fully saturated rings. The average molecular weight is 518 g/mol. The molecule has 0 radical (unpaired) electrons. The number of rotatable bonds is 5. The van der Waals surface area contributed by atoms with Crippen LogP contribution in [0.1, 0.15) is 31.7 Å². The Morgan fingerprint density at radius 2 is 1.89 bits per heavy atom. The number of likely N-dealkylation sites (tertiary alicyclic amines) is 1. The van der Waals surface area contributed by atoms with E-state index in [1.165, 1.54) is 0 Å². The molecule has 0 bridgehead atoms. The highest BCUT2D eigenvalue weighted by atomic mass is 16.5. The number of benzene rings is 1. The molecule has 0 atom stereocenters. The van der Waals surface area contributed by atoms with E-state index < -0.39 is 0 Å². The normalized spacial score (nSPS) is 19.7. The zero-order chi connectivity index (χ0) is 26.5. The molecule has 3 aliphatic heterocycles. The zero-order valence-electron chi connectivity index (χ0n) is 22.2. The lowest BCUT2D eigenvalue weighted by molar-refractivity contribution is 0.0238. The van der Waals surface area contributed by atoms with Crippen LogP contribution in [0, 0.1) is 13.5 Å². The highest BCUT2D eigenvalue weighted by Crippen LogP contribution is 2.35. The first-order chi connectivity index (χ1) is 18.5. The predicted molar refractivity (Wildman–Crippen MR) is 146 cm³/mol. The van der Waals surface area contributed by atoms with Crippen molar-refractivity contribution in [2.24, 2.45) is 0 Å². The van der Waals surface area contributed by atoms with Crippen LogP contribution in [0.25, 0.3) is 16.0 Å². The van der Waals surface area contributed by atoms with Crippen molar-refractivity contribution in [3.8, 4) is 17.0 Å². The van der Waals surface area contributed by atoms with Gasteiger partial charge in [0.05, 0.1) is 33.0 Å². The summed E-state index contributed by atoms with van der Waals surface area (Å²) in [6, 6.07) is 7.94. The molecule has 1 N–H and O–H groups in total. The van der Waals surface area contributed by atoms with E-state index in [-0.39, 0.29) is 12.1 Å². The van der Waals surface area contributed by atoms with Gasteiger partial charge in [-0.1, -0.05) is 6.07 Å². The van der Waals surface area contributed by atoms with Gasteiger partial charge in [-0.05, 0) is 55.2 Å². The fourth-order valence-corrected chi connectivity index (χ4v) is 5.08. The van der Waals surface area contributed by atoms with Crippen LogP contribution >= 0.6 is 0 Å². The SMILES string of the molecule is [C-]#[N+]/C(C)=C1/CCN(C(=O)Nc2ccc(C)c(-c3cnc(OC4CCOCC4)c(N4CCOCC4)c3)c2)C1. The van der Waals surface area contributed by atoms with Crippen LogP contribution in [0.15, 0.2) is 41.7 Å². The second kappa shape index (κ2) is 11.8. The smallest absolute Gasteiger partial charge is 0.322 e. The molecule has 2 aromatic rings. The molecular formula is C29H35N5O4. The van der Waals surface area contributed by atoms with Gasteiger partial charge in [-0.15, -0.1) is 0 Å². The Hall–Kier alpha value is -3.61. The molecule has 0 spiro atoms. The molecule has 200 valence electrons. The predicted octanol–water partition coefficient (Wildman–Crippen LogP) is 4.88. The molecule has 38 heavy (non-hydrogen) atoms. The van der Waals surface area contributed by atoms with Crippen molar-refractivity contribution in [2.75, 3.05) is 62.8 Å². The van der Waals surface area contributed by atoms with Gasteiger partial charge in [-0.2, -0.15) is 0 Å². The van der Waals surface area contributed by atoms with Gasteiger partial charge in [0, 0.05) is 56.5 Å². The third-order valence-corrected chi connectivity index (χ3v) is 7.46. The Bertz CT molecular complexity index is 1240. The number of carbonyl (C=O) groups excluding carboxylic acids is 1. The van der Waals surface area contributed by atoms with Crippen molar-refractivity contribution in [2.45, 2.75) is 39.2 Å². The summed E-state index contributed by atoms with van der Waals surface area (Å²) in [5.74, 6) is 0.650. The minimum Gasteiger partial charge on any atom is -0.473 e. The maximum absolute atomic E-state index is 13.0. The summed E-state index contributed by atoms with van der Waals surface area (Å²) >= 11 is 0. The summed E-state index contributed by atoms with van der Waals surface area (Å²) in [4.78, 5) is 25.3. The van der Waals surface area contributed by atoms with Gasteiger partial charge in [0.2, 0.25) is 5.88 Å². The Morgan fingerprint density at radius 3 is 2.66 bits per heavy atom. The number of anilines is 2. The Kier molecular flexibility index (Phi) is 8.11. The molecule has 1 aromatic heterocycles. The zero-order valence-corrected chi connectivity index (χ0v) is 22.2. The van der Waals surface area contributed by atoms with Crippen LogP contribution in [0.5, 0.6) is 5.88 Å². The largest absolute Gasteiger partial charge is 0.473 e. The number of pyridine rings is 1. The van der Waals surface area contributed by atoms with E-state index in [0.29, 0.717) is 51.1 Å². The number of nitrogens with zero attached hydrogens (tertiary/aromatic N) is 4. The van der Waals surface area contributed by atoms with Crippen LogP contribution in [0.3, 0.4) is 0 Å². The molecule has 0 aliphatic carbocycles. The topological polar surface area (TPSA) is 80.5 Å². The maximum Gasteiger partial charge on any atom is 0.322 e. The molecule has 5 rings (SSSR count). The molecule has 9 nitrogen and oxygen atoms in total. The molecule has 3 saturated heterocycles. The van der Waals surface area contributed by atoms with Gasteiger partial charge >= 0.3 is 6.03 Å². The van der Waals surface area contributed by atoms with Crippen molar-refractivity contribution in [1.29, 1.82) is 0 Å². The monoisotopic (exact) mass is 517 g/mol. The van der Waals surface area contributed by atoms with Crippen LogP contribution in [-0.4, -0.2) is 74.6 Å². The van der Waals surface area contributed by atoms with Gasteiger partial charge in [-0.25, -0.2) is 14.6 Å². The van der Waals surface area contributed by atoms with Crippen molar-refractivity contribution in [3.63, 3.8) is 0 Å². The van der Waals surface area contributed by atoms with Gasteiger partial charge in [0.15, 0.2) is 5.70 Å². The number of urea groups is 1. The molecule has 0 unspecified atom stereocenters. The number of nitrogens with one attached hydrogen (secondary N) is 1. The molecule has 4 heterocycles. The first kappa shape index (κ1) is 26.0. The maximum atomic E-state index is 13.0. The van der Waals surface area contributed by atoms with E-state index in [1.54, 1.807) is 4.90 Å². The summed E-state index contributed by atoms with van der Waals surface area (Å²) < 4.78 is 17.4. The Labute approximate surface area is 224 Å². The number of aryl methyl sites for hydroxylation is 1. The fraction of sp³-hybridized carbons (Fsp3) is 0.483. The third-order valence-electron chi connectivity index (χ3n) is 7.46. The summed E-state index contributed by atoms with van der Waals surface area (Å²) in [6.07, 6.45) is 4.43. The number of carbonyl (C=O) groups is 1. The van der Waals surface area contributed by atoms with Crippen LogP contribution in [0.4, 0.5) is 16.2 Å². The summed E-state index contributed by atoms with van der Waals surface area (Å²) in [5, 5.41) is 3.05. The van der Waals surface area contributed by atoms with E-state index >= 15 is 0 Å². The standard InChI is InChI=1S/C29H35N5O4/c1-20-4-5-24(32-29(35)34-9-6-22(19-34)21(2)30-3)17-26(20)23-16-27(33-10-14-37-15-11-33)28(31-18-23)38-25-7-12-36-13-8-25/h4-5,16-18,25H,6-15,19H2,1-2H3,(H,32,35)/b22-21-. The first-order valence-corrected chi connectivity index (χ1v) is 13.3. The summed E-state index contributed by atoms with van der Waals surface area (Å²) in [6.45, 7) is 16.6. The third kappa shape index (κ3) is 5.93. The molecule has 2 amide bonds. The van der Waals surface area contributed by atoms with Crippen LogP contribution in [0.2, 0.25) is 0 Å². The lowest BCUT2D eigenvalue weighted by Crippen LogP contribution is -2.37. The number of allylic oxidation sites excluding steroid dienone is 1. The number of aromatic nitrogens is 1. The molecule has 1 aromatic carbocycles. The number of ether oxygens (including phenoxy) is 3. The van der Waals surface area contributed by atoms with E-state index in [9.17, 15) is 4.79 Å². The quantitative estimate of drug-likeness (QED) is 0.570. The average Bonchev–Trinajstić information content (AvgIpc) is 3.46. The highest BCUT2D eigenvalue weighted by molar-refractivity contribution is 5.91. The summed E-state index contributed by atoms with van der Waals surface area (Å²) in [7, 11) is 0. The number of morpholine rings is 1. The number of hydrogen-bond acceptors (Lipinski definition) is 6. The number of amides is 2. The second-order valence-electron chi connectivity index (χ2n) is 10.0. The Morgan fingerprint density at radius 1 is 1.13 bits per heavy atom. The minimum atomic E-state index is -0.153. The lowest BCUT2D eigenvalue weighted by Gasteiger charge is -2.31. The van der Waals surface area contributed by atoms with Gasteiger partial charge in [0.1, 0.15) is 11.8 Å². The van der Waals surface area contributed by atoms with E-state index in [2.05, 4.69) is 28.1 Å². The fourth-order valence-electron chi connectivity index (χ4n) is 5.08. The van der Waals surface area contributed by atoms with Crippen LogP contribution in [-0.2, 0) is 9.47 Å². The van der Waals surface area contributed by atoms with Crippen molar-refractivity contribution in [3.05, 3.63) is 58.7 Å². The molecular weight excluding hydrogens is 482 g/mol. The van der Waals surface area contributed by atoms with Crippen molar-refractivity contribution >= 4 is 17.4 Å². The molecule has 3 aliphatic rings. The van der Waals surface area contributed by atoms with E-state index in [0.717, 1.165) is 66.0 Å². The van der Waals surface area contributed by atoms with Crippen LogP contribution < -0.4 is 15.0 Å².